The van der Waals surface area contributed by atoms with Gasteiger partial charge in [-0.25, -0.2) is 4.79 Å². The van der Waals surface area contributed by atoms with Gasteiger partial charge < -0.3 is 10.1 Å². The van der Waals surface area contributed by atoms with Crippen molar-refractivity contribution in [1.29, 1.82) is 0 Å². The Morgan fingerprint density at radius 2 is 1.90 bits per heavy atom. The fraction of sp³-hybridized carbons (Fsp3) is 0.375. The third-order valence-electron chi connectivity index (χ3n) is 4.94. The number of ether oxygens (including phenoxy) is 1. The highest BCUT2D eigenvalue weighted by Gasteiger charge is 2.68. The summed E-state index contributed by atoms with van der Waals surface area (Å²) < 4.78 is 5.81. The van der Waals surface area contributed by atoms with E-state index < -0.39 is 5.60 Å². The molecule has 0 unspecified atom stereocenters. The number of esters is 1. The van der Waals surface area contributed by atoms with Crippen LogP contribution in [0.4, 0.5) is 0 Å². The molecule has 1 amide bonds. The summed E-state index contributed by atoms with van der Waals surface area (Å²) in [5, 5.41) is 2.92. The number of rotatable bonds is 2. The molecule has 2 aliphatic carbocycles. The first-order valence-corrected chi connectivity index (χ1v) is 6.88. The molecule has 1 aromatic carbocycles. The second-order valence-corrected chi connectivity index (χ2v) is 5.94. The van der Waals surface area contributed by atoms with Gasteiger partial charge in [0.05, 0.1) is 17.5 Å². The van der Waals surface area contributed by atoms with Crippen LogP contribution in [0.15, 0.2) is 42.5 Å². The molecule has 3 aliphatic rings. The molecule has 4 heteroatoms. The molecule has 1 N–H and O–H groups in total. The monoisotopic (exact) mass is 269 g/mol. The standard InChI is InChI=1S/C16H15NO3/c1-16(20-15(19)9-5-3-2-4-6-9)10-7-8-11(16)13-12(10)14(18)17-13/h2-8,10-13H,1H3,(H,17,18)/t10-,11-,12+,13+,16+/m0/s1. The number of amides is 1. The molecule has 1 heterocycles. The Kier molecular flexibility index (Phi) is 2.18. The molecule has 4 rings (SSSR count). The minimum absolute atomic E-state index is 0.00101. The fourth-order valence-electron chi connectivity index (χ4n) is 3.88. The van der Waals surface area contributed by atoms with Crippen molar-refractivity contribution >= 4 is 11.9 Å². The highest BCUT2D eigenvalue weighted by Crippen LogP contribution is 2.56. The summed E-state index contributed by atoms with van der Waals surface area (Å²) >= 11 is 0. The fourth-order valence-corrected chi connectivity index (χ4v) is 3.88. The third kappa shape index (κ3) is 1.31. The Bertz CT molecular complexity index is 624. The van der Waals surface area contributed by atoms with Gasteiger partial charge in [-0.3, -0.25) is 4.79 Å². The largest absolute Gasteiger partial charge is 0.454 e. The van der Waals surface area contributed by atoms with E-state index in [4.69, 9.17) is 4.74 Å². The molecule has 1 saturated heterocycles. The maximum atomic E-state index is 12.3. The molecule has 2 fully saturated rings. The average molecular weight is 269 g/mol. The van der Waals surface area contributed by atoms with Crippen molar-refractivity contribution in [1.82, 2.24) is 5.32 Å². The van der Waals surface area contributed by atoms with E-state index in [0.717, 1.165) is 0 Å². The number of benzene rings is 1. The van der Waals surface area contributed by atoms with Crippen LogP contribution in [0.1, 0.15) is 17.3 Å². The number of carbonyl (C=O) groups excluding carboxylic acids is 2. The molecule has 1 aromatic rings. The minimum atomic E-state index is -0.610. The molecule has 0 spiro atoms. The Balaban J connectivity index is 1.61. The van der Waals surface area contributed by atoms with Crippen molar-refractivity contribution in [3.05, 3.63) is 48.0 Å². The Morgan fingerprint density at radius 3 is 2.55 bits per heavy atom. The normalized spacial score (nSPS) is 40.0. The van der Waals surface area contributed by atoms with Crippen molar-refractivity contribution in [2.24, 2.45) is 17.8 Å². The molecule has 5 atom stereocenters. The lowest BCUT2D eigenvalue weighted by molar-refractivity contribution is -0.135. The quantitative estimate of drug-likeness (QED) is 0.503. The summed E-state index contributed by atoms with van der Waals surface area (Å²) in [6, 6.07) is 9.11. The zero-order valence-electron chi connectivity index (χ0n) is 11.1. The van der Waals surface area contributed by atoms with E-state index in [1.165, 1.54) is 0 Å². The third-order valence-corrected chi connectivity index (χ3v) is 4.94. The van der Waals surface area contributed by atoms with E-state index >= 15 is 0 Å². The molecule has 1 saturated carbocycles. The lowest BCUT2D eigenvalue weighted by Crippen LogP contribution is -2.59. The zero-order valence-corrected chi connectivity index (χ0v) is 11.1. The van der Waals surface area contributed by atoms with Crippen LogP contribution in [0.5, 0.6) is 0 Å². The van der Waals surface area contributed by atoms with E-state index in [1.807, 2.05) is 31.2 Å². The van der Waals surface area contributed by atoms with Crippen LogP contribution >= 0.6 is 0 Å². The van der Waals surface area contributed by atoms with Gasteiger partial charge in [0.2, 0.25) is 5.91 Å². The molecule has 102 valence electrons. The Hall–Kier alpha value is -2.10. The lowest BCUT2D eigenvalue weighted by Gasteiger charge is -2.36. The van der Waals surface area contributed by atoms with Gasteiger partial charge in [-0.05, 0) is 19.1 Å². The molecule has 2 bridgehead atoms. The predicted octanol–water partition coefficient (Wildman–Crippen LogP) is 1.53. The second-order valence-electron chi connectivity index (χ2n) is 5.94. The van der Waals surface area contributed by atoms with Crippen LogP contribution in [-0.4, -0.2) is 23.5 Å². The Labute approximate surface area is 116 Å². The van der Waals surface area contributed by atoms with E-state index in [1.54, 1.807) is 12.1 Å². The summed E-state index contributed by atoms with van der Waals surface area (Å²) in [5.74, 6) is -0.185. The average Bonchev–Trinajstić information content (AvgIpc) is 2.83. The van der Waals surface area contributed by atoms with Crippen molar-refractivity contribution < 1.29 is 14.3 Å². The summed E-state index contributed by atoms with van der Waals surface area (Å²) in [6.07, 6.45) is 4.10. The highest BCUT2D eigenvalue weighted by molar-refractivity contribution is 5.91. The molecule has 4 nitrogen and oxygen atoms in total. The number of hydrogen-bond donors (Lipinski definition) is 1. The van der Waals surface area contributed by atoms with E-state index in [-0.39, 0.29) is 35.7 Å². The molecule has 20 heavy (non-hydrogen) atoms. The topological polar surface area (TPSA) is 55.4 Å². The number of β-lactam (4-membered cyclic amide) rings is 1. The number of nitrogens with one attached hydrogen (secondary N) is 1. The van der Waals surface area contributed by atoms with Gasteiger partial charge in [0.25, 0.3) is 0 Å². The van der Waals surface area contributed by atoms with E-state index in [2.05, 4.69) is 11.4 Å². The number of carbonyl (C=O) groups is 2. The van der Waals surface area contributed by atoms with Crippen molar-refractivity contribution in [3.8, 4) is 0 Å². The number of hydrogen-bond acceptors (Lipinski definition) is 3. The zero-order chi connectivity index (χ0) is 13.9. The van der Waals surface area contributed by atoms with Gasteiger partial charge in [-0.2, -0.15) is 0 Å². The van der Waals surface area contributed by atoms with Crippen LogP contribution < -0.4 is 5.32 Å². The maximum absolute atomic E-state index is 12.3. The van der Waals surface area contributed by atoms with Crippen molar-refractivity contribution in [2.45, 2.75) is 18.6 Å². The number of fused-ring (bicyclic) bond motifs is 5. The second kappa shape index (κ2) is 3.72. The smallest absolute Gasteiger partial charge is 0.338 e. The Morgan fingerprint density at radius 1 is 1.20 bits per heavy atom. The highest BCUT2D eigenvalue weighted by atomic mass is 16.6. The van der Waals surface area contributed by atoms with Gasteiger partial charge in [0.15, 0.2) is 0 Å². The first-order valence-electron chi connectivity index (χ1n) is 6.88. The molecule has 1 aliphatic heterocycles. The molecular formula is C16H15NO3. The SMILES string of the molecule is C[C@]1(OC(=O)c2ccccc2)[C@H]2C=C[C@H]1[C@H]1C(=O)N[C@@H]12. The first-order chi connectivity index (χ1) is 9.61. The molecule has 0 radical (unpaired) electrons. The predicted molar refractivity (Wildman–Crippen MR) is 71.8 cm³/mol. The van der Waals surface area contributed by atoms with Crippen LogP contribution in [0.2, 0.25) is 0 Å². The van der Waals surface area contributed by atoms with Gasteiger partial charge in [-0.15, -0.1) is 0 Å². The van der Waals surface area contributed by atoms with E-state index in [9.17, 15) is 9.59 Å². The van der Waals surface area contributed by atoms with Crippen LogP contribution in [0, 0.1) is 17.8 Å². The molecular weight excluding hydrogens is 254 g/mol. The van der Waals surface area contributed by atoms with Crippen LogP contribution in [0.25, 0.3) is 0 Å². The van der Waals surface area contributed by atoms with Crippen molar-refractivity contribution in [3.63, 3.8) is 0 Å². The van der Waals surface area contributed by atoms with Gasteiger partial charge in [-0.1, -0.05) is 30.4 Å². The summed E-state index contributed by atoms with van der Waals surface area (Å²) in [4.78, 5) is 23.9. The van der Waals surface area contributed by atoms with E-state index in [0.29, 0.717) is 5.56 Å². The van der Waals surface area contributed by atoms with Crippen molar-refractivity contribution in [2.75, 3.05) is 0 Å². The van der Waals surface area contributed by atoms with Gasteiger partial charge in [0, 0.05) is 11.8 Å². The summed E-state index contributed by atoms with van der Waals surface area (Å²) in [5.41, 5.74) is -0.0619. The summed E-state index contributed by atoms with van der Waals surface area (Å²) in [6.45, 7) is 1.94. The van der Waals surface area contributed by atoms with Gasteiger partial charge >= 0.3 is 5.97 Å². The molecule has 0 aromatic heterocycles. The van der Waals surface area contributed by atoms with Crippen LogP contribution in [0.3, 0.4) is 0 Å². The summed E-state index contributed by atoms with van der Waals surface area (Å²) in [7, 11) is 0. The minimum Gasteiger partial charge on any atom is -0.454 e. The maximum Gasteiger partial charge on any atom is 0.338 e. The van der Waals surface area contributed by atoms with Gasteiger partial charge in [0.1, 0.15) is 5.60 Å². The van der Waals surface area contributed by atoms with Crippen LogP contribution in [-0.2, 0) is 9.53 Å². The lowest BCUT2D eigenvalue weighted by atomic mass is 9.81. The first kappa shape index (κ1) is 11.7.